The second kappa shape index (κ2) is 11.7. The molecule has 0 saturated heterocycles. The molecule has 0 amide bonds. The molecule has 0 bridgehead atoms. The molecule has 0 aliphatic heterocycles. The lowest BCUT2D eigenvalue weighted by molar-refractivity contribution is -0.145. The van der Waals surface area contributed by atoms with Gasteiger partial charge in [-0.25, -0.2) is 4.79 Å². The third kappa shape index (κ3) is 9.59. The van der Waals surface area contributed by atoms with E-state index in [1.165, 1.54) is 22.9 Å². The van der Waals surface area contributed by atoms with Crippen LogP contribution in [0.25, 0.3) is 0 Å². The minimum Gasteiger partial charge on any atom is -0.507 e. The summed E-state index contributed by atoms with van der Waals surface area (Å²) in [7, 11) is 0. The van der Waals surface area contributed by atoms with Crippen molar-refractivity contribution in [3.8, 4) is 11.5 Å². The fourth-order valence-corrected chi connectivity index (χ4v) is 6.47. The van der Waals surface area contributed by atoms with Gasteiger partial charge in [-0.3, -0.25) is 0 Å². The average Bonchev–Trinajstić information content (AvgIpc) is 2.71. The number of ether oxygens (including phenoxy) is 2. The maximum atomic E-state index is 12.0. The number of carbonyl (C=O) groups excluding carboxylic acids is 1. The van der Waals surface area contributed by atoms with E-state index in [4.69, 9.17) is 9.47 Å². The Balaban J connectivity index is 2.51. The minimum atomic E-state index is -0.399. The van der Waals surface area contributed by atoms with E-state index in [9.17, 15) is 9.90 Å². The van der Waals surface area contributed by atoms with E-state index < -0.39 is 5.97 Å². The highest BCUT2D eigenvalue weighted by molar-refractivity contribution is 7.99. The Kier molecular flexibility index (Phi) is 9.84. The number of phenols is 1. The van der Waals surface area contributed by atoms with Crippen LogP contribution in [0.4, 0.5) is 0 Å². The van der Waals surface area contributed by atoms with Crippen molar-refractivity contribution >= 4 is 17.7 Å². The molecule has 0 saturated carbocycles. The molecule has 0 heterocycles. The van der Waals surface area contributed by atoms with Crippen molar-refractivity contribution in [2.24, 2.45) is 10.8 Å². The van der Waals surface area contributed by atoms with Crippen molar-refractivity contribution in [3.63, 3.8) is 0 Å². The topological polar surface area (TPSA) is 55.8 Å². The van der Waals surface area contributed by atoms with E-state index in [2.05, 4.69) is 87.4 Å². The maximum absolute atomic E-state index is 12.0. The molecule has 5 heteroatoms. The molecule has 0 spiro atoms. The number of aromatic hydroxyl groups is 1. The van der Waals surface area contributed by atoms with Crippen LogP contribution in [0.1, 0.15) is 100 Å². The highest BCUT2D eigenvalue weighted by Gasteiger charge is 2.30. The van der Waals surface area contributed by atoms with Crippen LogP contribution in [0.3, 0.4) is 0 Å². The molecule has 0 aliphatic rings. The standard InChI is InChI=1S/C32H48O4S/c1-12-35-28(34)19-36-25-16-14-23(32(10,11)21-30(5,6)7)18-27(25)37-26-17-22(13-15-24(26)33)31(8,9)20-29(2,3)4/h13-18,33H,12,19-21H2,1-11H3. The van der Waals surface area contributed by atoms with E-state index in [1.807, 2.05) is 12.1 Å². The van der Waals surface area contributed by atoms with Crippen molar-refractivity contribution in [2.45, 2.75) is 110 Å². The first-order valence-corrected chi connectivity index (χ1v) is 14.1. The molecule has 4 nitrogen and oxygen atoms in total. The van der Waals surface area contributed by atoms with Gasteiger partial charge in [-0.1, -0.05) is 93.1 Å². The molecule has 2 aromatic rings. The zero-order chi connectivity index (χ0) is 28.2. The second-order valence-corrected chi connectivity index (χ2v) is 14.9. The van der Waals surface area contributed by atoms with E-state index in [0.29, 0.717) is 12.4 Å². The Morgan fingerprint density at radius 2 is 1.27 bits per heavy atom. The fourth-order valence-electron chi connectivity index (χ4n) is 5.46. The third-order valence-electron chi connectivity index (χ3n) is 6.28. The smallest absolute Gasteiger partial charge is 0.344 e. The summed E-state index contributed by atoms with van der Waals surface area (Å²) < 4.78 is 11.0. The van der Waals surface area contributed by atoms with Gasteiger partial charge in [-0.2, -0.15) is 0 Å². The predicted molar refractivity (Wildman–Crippen MR) is 155 cm³/mol. The quantitative estimate of drug-likeness (QED) is 0.312. The molecule has 0 unspecified atom stereocenters. The Morgan fingerprint density at radius 3 is 1.76 bits per heavy atom. The van der Waals surface area contributed by atoms with Crippen LogP contribution in [0, 0.1) is 10.8 Å². The van der Waals surface area contributed by atoms with Crippen LogP contribution in [-0.4, -0.2) is 24.3 Å². The molecule has 206 valence electrons. The number of rotatable bonds is 10. The average molecular weight is 529 g/mol. The lowest BCUT2D eigenvalue weighted by atomic mass is 9.72. The van der Waals surface area contributed by atoms with E-state index in [1.54, 1.807) is 13.0 Å². The van der Waals surface area contributed by atoms with Gasteiger partial charge in [0, 0.05) is 0 Å². The molecule has 1 N–H and O–H groups in total. The number of benzene rings is 2. The Morgan fingerprint density at radius 1 is 0.784 bits per heavy atom. The van der Waals surface area contributed by atoms with Gasteiger partial charge in [-0.05, 0) is 76.8 Å². The number of carbonyl (C=O) groups is 1. The predicted octanol–water partition coefficient (Wildman–Crippen LogP) is 8.91. The summed E-state index contributed by atoms with van der Waals surface area (Å²) in [4.78, 5) is 13.6. The van der Waals surface area contributed by atoms with Crippen LogP contribution in [-0.2, 0) is 20.4 Å². The molecule has 0 atom stereocenters. The number of hydrogen-bond donors (Lipinski definition) is 1. The molecule has 0 fully saturated rings. The van der Waals surface area contributed by atoms with Crippen LogP contribution in [0.5, 0.6) is 11.5 Å². The summed E-state index contributed by atoms with van der Waals surface area (Å²) >= 11 is 1.48. The second-order valence-electron chi connectivity index (χ2n) is 13.8. The summed E-state index contributed by atoms with van der Waals surface area (Å²) in [6.45, 7) is 24.5. The van der Waals surface area contributed by atoms with Gasteiger partial charge in [0.05, 0.1) is 16.4 Å². The monoisotopic (exact) mass is 528 g/mol. The summed E-state index contributed by atoms with van der Waals surface area (Å²) in [6.07, 6.45) is 2.02. The molecular formula is C32H48O4S. The van der Waals surface area contributed by atoms with Crippen molar-refractivity contribution in [2.75, 3.05) is 13.2 Å². The van der Waals surface area contributed by atoms with Crippen molar-refractivity contribution < 1.29 is 19.4 Å². The number of hydrogen-bond acceptors (Lipinski definition) is 5. The summed E-state index contributed by atoms with van der Waals surface area (Å²) in [5, 5.41) is 10.8. The van der Waals surface area contributed by atoms with E-state index >= 15 is 0 Å². The Labute approximate surface area is 229 Å². The Hall–Kier alpha value is -2.14. The minimum absolute atomic E-state index is 0.0545. The SMILES string of the molecule is CCOC(=O)COc1ccc(C(C)(C)CC(C)(C)C)cc1Sc1cc(C(C)(C)CC(C)(C)C)ccc1O. The Bertz CT molecular complexity index is 1070. The summed E-state index contributed by atoms with van der Waals surface area (Å²) in [6, 6.07) is 12.1. The van der Waals surface area contributed by atoms with Crippen LogP contribution >= 0.6 is 11.8 Å². The van der Waals surface area contributed by atoms with Crippen molar-refractivity contribution in [3.05, 3.63) is 47.5 Å². The van der Waals surface area contributed by atoms with Crippen LogP contribution in [0.2, 0.25) is 0 Å². The largest absolute Gasteiger partial charge is 0.507 e. The fraction of sp³-hybridized carbons (Fsp3) is 0.594. The normalized spacial score (nSPS) is 12.9. The first kappa shape index (κ1) is 31.1. The first-order valence-electron chi connectivity index (χ1n) is 13.3. The molecule has 2 rings (SSSR count). The zero-order valence-electron chi connectivity index (χ0n) is 24.9. The summed E-state index contributed by atoms with van der Waals surface area (Å²) in [5.74, 6) is 0.437. The van der Waals surface area contributed by atoms with Crippen LogP contribution < -0.4 is 4.74 Å². The molecule has 0 aliphatic carbocycles. The van der Waals surface area contributed by atoms with Gasteiger partial charge >= 0.3 is 5.97 Å². The molecule has 37 heavy (non-hydrogen) atoms. The maximum Gasteiger partial charge on any atom is 0.344 e. The molecule has 0 radical (unpaired) electrons. The van der Waals surface area contributed by atoms with E-state index in [-0.39, 0.29) is 34.0 Å². The van der Waals surface area contributed by atoms with Gasteiger partial charge in [-0.15, -0.1) is 0 Å². The van der Waals surface area contributed by atoms with E-state index in [0.717, 1.165) is 22.6 Å². The highest BCUT2D eigenvalue weighted by Crippen LogP contribution is 2.45. The first-order chi connectivity index (χ1) is 16.8. The lowest BCUT2D eigenvalue weighted by Crippen LogP contribution is -2.25. The van der Waals surface area contributed by atoms with Gasteiger partial charge in [0.25, 0.3) is 0 Å². The van der Waals surface area contributed by atoms with Gasteiger partial charge in [0.1, 0.15) is 11.5 Å². The number of phenolic OH excluding ortho intramolecular Hbond substituents is 1. The lowest BCUT2D eigenvalue weighted by Gasteiger charge is -2.33. The number of esters is 1. The van der Waals surface area contributed by atoms with Gasteiger partial charge in [0.2, 0.25) is 0 Å². The van der Waals surface area contributed by atoms with Crippen molar-refractivity contribution in [1.29, 1.82) is 0 Å². The third-order valence-corrected chi connectivity index (χ3v) is 7.37. The molecular weight excluding hydrogens is 480 g/mol. The van der Waals surface area contributed by atoms with Gasteiger partial charge < -0.3 is 14.6 Å². The van der Waals surface area contributed by atoms with Crippen molar-refractivity contribution in [1.82, 2.24) is 0 Å². The molecule has 0 aromatic heterocycles. The summed E-state index contributed by atoms with van der Waals surface area (Å²) in [5.41, 5.74) is 2.60. The zero-order valence-corrected chi connectivity index (χ0v) is 25.7. The highest BCUT2D eigenvalue weighted by atomic mass is 32.2. The van der Waals surface area contributed by atoms with Gasteiger partial charge in [0.15, 0.2) is 6.61 Å². The van der Waals surface area contributed by atoms with Crippen LogP contribution in [0.15, 0.2) is 46.2 Å². The molecule has 2 aromatic carbocycles.